The molecule has 0 aliphatic heterocycles. The van der Waals surface area contributed by atoms with Crippen LogP contribution in [0.1, 0.15) is 25.0 Å². The smallest absolute Gasteiger partial charge is 0.148 e. The Hall–Kier alpha value is -4.79. The second-order valence-corrected chi connectivity index (χ2v) is 11.2. The topological polar surface area (TPSA) is 50.9 Å². The molecule has 0 atom stereocenters. The number of aromatic hydroxyl groups is 1. The molecule has 1 N–H and O–H groups in total. The van der Waals surface area contributed by atoms with Gasteiger partial charge in [-0.15, -0.1) is 29.8 Å². The van der Waals surface area contributed by atoms with Crippen LogP contribution in [-0.4, -0.2) is 19.6 Å². The average molecular weight is 752 g/mol. The standard InChI is InChI=1S/C39H30N3O.Pt/c1-39(2,29-16-5-3-6-17-29)33-24-23-31(27-14-13-15-28(26-27)34-21-11-12-25-40-34)36-37(33)42(30-18-7-4-8-19-30)38(41-36)32-20-9-10-22-35(32)43;/h3-25,43H,1-2H3;/q-1;. The van der Waals surface area contributed by atoms with E-state index in [0.29, 0.717) is 11.4 Å². The van der Waals surface area contributed by atoms with Crippen LogP contribution in [0, 0.1) is 6.07 Å². The number of nitrogens with zero attached hydrogens (tertiary/aromatic N) is 3. The summed E-state index contributed by atoms with van der Waals surface area (Å²) in [4.78, 5) is 9.89. The van der Waals surface area contributed by atoms with Gasteiger partial charge in [-0.1, -0.05) is 110 Å². The zero-order chi connectivity index (χ0) is 29.4. The van der Waals surface area contributed by atoms with Gasteiger partial charge in [-0.3, -0.25) is 9.55 Å². The monoisotopic (exact) mass is 751 g/mol. The third-order valence-electron chi connectivity index (χ3n) is 8.16. The molecule has 0 unspecified atom stereocenters. The Morgan fingerprint density at radius 2 is 1.34 bits per heavy atom. The number of aromatic nitrogens is 3. The number of hydrogen-bond acceptors (Lipinski definition) is 3. The van der Waals surface area contributed by atoms with E-state index in [4.69, 9.17) is 4.98 Å². The number of imidazole rings is 1. The predicted molar refractivity (Wildman–Crippen MR) is 174 cm³/mol. The van der Waals surface area contributed by atoms with E-state index in [1.54, 1.807) is 12.3 Å². The molecule has 44 heavy (non-hydrogen) atoms. The molecule has 4 nitrogen and oxygen atoms in total. The molecule has 5 aromatic carbocycles. The molecule has 0 radical (unpaired) electrons. The molecule has 0 bridgehead atoms. The molecule has 7 aromatic rings. The average Bonchev–Trinajstić information content (AvgIpc) is 3.46. The molecule has 0 fully saturated rings. The van der Waals surface area contributed by atoms with Crippen LogP contribution in [0.25, 0.3) is 50.5 Å². The second kappa shape index (κ2) is 12.1. The van der Waals surface area contributed by atoms with Gasteiger partial charge >= 0.3 is 0 Å². The Labute approximate surface area is 272 Å². The summed E-state index contributed by atoms with van der Waals surface area (Å²) in [6.07, 6.45) is 1.80. The SMILES string of the molecule is CC(C)(c1ccccc1)c1ccc(-c2[c-]c(-c3ccccn3)ccc2)c2nc(-c3ccccc3O)n(-c3ccccc3)c12.[Pt]. The molecule has 2 heterocycles. The van der Waals surface area contributed by atoms with Crippen LogP contribution in [0.2, 0.25) is 0 Å². The van der Waals surface area contributed by atoms with Crippen molar-refractivity contribution in [1.29, 1.82) is 0 Å². The Bertz CT molecular complexity index is 2050. The molecule has 0 aliphatic rings. The van der Waals surface area contributed by atoms with Gasteiger partial charge in [0.15, 0.2) is 0 Å². The maximum absolute atomic E-state index is 11.0. The maximum Gasteiger partial charge on any atom is 0.148 e. The number of para-hydroxylation sites is 2. The van der Waals surface area contributed by atoms with Crippen LogP contribution in [-0.2, 0) is 26.5 Å². The first kappa shape index (κ1) is 29.3. The van der Waals surface area contributed by atoms with Crippen molar-refractivity contribution >= 4 is 11.0 Å². The van der Waals surface area contributed by atoms with Gasteiger partial charge in [-0.2, -0.15) is 0 Å². The summed E-state index contributed by atoms with van der Waals surface area (Å²) in [6.45, 7) is 4.51. The Morgan fingerprint density at radius 3 is 2.07 bits per heavy atom. The fourth-order valence-corrected chi connectivity index (χ4v) is 5.88. The molecule has 0 saturated carbocycles. The summed E-state index contributed by atoms with van der Waals surface area (Å²) in [7, 11) is 0. The number of fused-ring (bicyclic) bond motifs is 1. The van der Waals surface area contributed by atoms with Gasteiger partial charge in [0, 0.05) is 44.1 Å². The summed E-state index contributed by atoms with van der Waals surface area (Å²) in [5.41, 5.74) is 9.15. The van der Waals surface area contributed by atoms with E-state index in [2.05, 4.69) is 84.1 Å². The van der Waals surface area contributed by atoms with Gasteiger partial charge in [0.1, 0.15) is 11.6 Å². The van der Waals surface area contributed by atoms with Crippen LogP contribution in [0.15, 0.2) is 140 Å². The molecule has 0 amide bonds. The normalized spacial score (nSPS) is 11.3. The summed E-state index contributed by atoms with van der Waals surface area (Å²) < 4.78 is 2.19. The van der Waals surface area contributed by atoms with E-state index in [1.165, 1.54) is 5.56 Å². The maximum atomic E-state index is 11.0. The number of pyridine rings is 1. The zero-order valence-electron chi connectivity index (χ0n) is 24.4. The summed E-state index contributed by atoms with van der Waals surface area (Å²) in [5.74, 6) is 0.863. The van der Waals surface area contributed by atoms with Crippen molar-refractivity contribution in [3.63, 3.8) is 0 Å². The molecule has 0 aliphatic carbocycles. The van der Waals surface area contributed by atoms with Gasteiger partial charge in [-0.05, 0) is 41.5 Å². The van der Waals surface area contributed by atoms with Crippen LogP contribution in [0.5, 0.6) is 5.75 Å². The van der Waals surface area contributed by atoms with Crippen molar-refractivity contribution in [1.82, 2.24) is 14.5 Å². The minimum Gasteiger partial charge on any atom is -0.507 e. The van der Waals surface area contributed by atoms with Crippen molar-refractivity contribution in [3.05, 3.63) is 157 Å². The van der Waals surface area contributed by atoms with Gasteiger partial charge in [-0.25, -0.2) is 4.98 Å². The van der Waals surface area contributed by atoms with Crippen LogP contribution < -0.4 is 0 Å². The predicted octanol–water partition coefficient (Wildman–Crippen LogP) is 9.25. The number of phenols is 1. The van der Waals surface area contributed by atoms with Crippen molar-refractivity contribution in [2.24, 2.45) is 0 Å². The van der Waals surface area contributed by atoms with Crippen LogP contribution >= 0.6 is 0 Å². The van der Waals surface area contributed by atoms with E-state index in [-0.39, 0.29) is 32.2 Å². The van der Waals surface area contributed by atoms with Crippen molar-refractivity contribution in [2.75, 3.05) is 0 Å². The molecule has 2 aromatic heterocycles. The number of hydrogen-bond donors (Lipinski definition) is 1. The van der Waals surface area contributed by atoms with Gasteiger partial charge in [0.25, 0.3) is 0 Å². The molecule has 7 rings (SSSR count). The minimum atomic E-state index is -0.347. The Balaban J connectivity index is 0.00000343. The van der Waals surface area contributed by atoms with E-state index < -0.39 is 0 Å². The number of benzene rings is 5. The van der Waals surface area contributed by atoms with Crippen LogP contribution in [0.3, 0.4) is 0 Å². The fraction of sp³-hybridized carbons (Fsp3) is 0.0769. The number of phenolic OH excluding ortho intramolecular Hbond substituents is 1. The summed E-state index contributed by atoms with van der Waals surface area (Å²) >= 11 is 0. The van der Waals surface area contributed by atoms with Gasteiger partial charge in [0.05, 0.1) is 16.6 Å². The van der Waals surface area contributed by atoms with Crippen molar-refractivity contribution in [2.45, 2.75) is 19.3 Å². The summed E-state index contributed by atoms with van der Waals surface area (Å²) in [5, 5.41) is 11.0. The Morgan fingerprint density at radius 1 is 0.659 bits per heavy atom. The van der Waals surface area contributed by atoms with Gasteiger partial charge in [0.2, 0.25) is 0 Å². The molecular weight excluding hydrogens is 722 g/mol. The van der Waals surface area contributed by atoms with Crippen molar-refractivity contribution < 1.29 is 26.2 Å². The minimum absolute atomic E-state index is 0. The first-order valence-corrected chi connectivity index (χ1v) is 14.4. The first-order valence-electron chi connectivity index (χ1n) is 14.4. The summed E-state index contributed by atoms with van der Waals surface area (Å²) in [6, 6.07) is 48.3. The molecule has 0 spiro atoms. The Kier molecular flexibility index (Phi) is 8.03. The third-order valence-corrected chi connectivity index (χ3v) is 8.16. The van der Waals surface area contributed by atoms with Crippen molar-refractivity contribution in [3.8, 4) is 45.2 Å². The molecule has 0 saturated heterocycles. The number of rotatable bonds is 6. The second-order valence-electron chi connectivity index (χ2n) is 11.2. The molecule has 218 valence electrons. The fourth-order valence-electron chi connectivity index (χ4n) is 5.88. The van der Waals surface area contributed by atoms with Gasteiger partial charge < -0.3 is 5.11 Å². The largest absolute Gasteiger partial charge is 0.507 e. The van der Waals surface area contributed by atoms with E-state index in [0.717, 1.165) is 44.7 Å². The molecular formula is C39H30N3OPt-. The van der Waals surface area contributed by atoms with E-state index >= 15 is 0 Å². The quantitative estimate of drug-likeness (QED) is 0.173. The third kappa shape index (κ3) is 5.16. The zero-order valence-corrected chi connectivity index (χ0v) is 26.7. The van der Waals surface area contributed by atoms with Crippen LogP contribution in [0.4, 0.5) is 0 Å². The first-order chi connectivity index (χ1) is 21.0. The van der Waals surface area contributed by atoms with E-state index in [1.807, 2.05) is 72.8 Å². The molecule has 5 heteroatoms. The van der Waals surface area contributed by atoms with E-state index in [9.17, 15) is 5.11 Å².